The number of aromatic nitrogens is 3. The first-order chi connectivity index (χ1) is 14.8. The summed E-state index contributed by atoms with van der Waals surface area (Å²) in [5, 5.41) is 3.12. The molecule has 0 aliphatic carbocycles. The van der Waals surface area contributed by atoms with Gasteiger partial charge < -0.3 is 10.1 Å². The first-order valence-corrected chi connectivity index (χ1v) is 11.4. The van der Waals surface area contributed by atoms with Crippen molar-refractivity contribution in [3.63, 3.8) is 0 Å². The minimum absolute atomic E-state index is 0.262. The smallest absolute Gasteiger partial charge is 0.315 e. The monoisotopic (exact) mass is 439 g/mol. The summed E-state index contributed by atoms with van der Waals surface area (Å²) < 4.78 is 30.1. The molecule has 9 nitrogen and oxygen atoms in total. The third kappa shape index (κ3) is 4.80. The van der Waals surface area contributed by atoms with Crippen molar-refractivity contribution in [1.82, 2.24) is 15.0 Å². The first kappa shape index (κ1) is 20.7. The van der Waals surface area contributed by atoms with Crippen molar-refractivity contribution in [2.45, 2.75) is 19.3 Å². The van der Waals surface area contributed by atoms with Crippen LogP contribution in [0.4, 0.5) is 17.5 Å². The molecule has 1 aliphatic heterocycles. The van der Waals surface area contributed by atoms with Crippen molar-refractivity contribution in [1.29, 1.82) is 0 Å². The minimum Gasteiger partial charge on any atom is -0.426 e. The van der Waals surface area contributed by atoms with Gasteiger partial charge in [-0.25, -0.2) is 23.4 Å². The van der Waals surface area contributed by atoms with Crippen molar-refractivity contribution < 1.29 is 17.9 Å². The van der Waals surface area contributed by atoms with Crippen molar-refractivity contribution in [3.8, 4) is 5.75 Å². The number of carbonyl (C=O) groups is 1. The van der Waals surface area contributed by atoms with Gasteiger partial charge in [-0.15, -0.1) is 0 Å². The van der Waals surface area contributed by atoms with Crippen molar-refractivity contribution in [2.75, 3.05) is 22.9 Å². The van der Waals surface area contributed by atoms with Crippen LogP contribution in [0.5, 0.6) is 5.75 Å². The number of hydrogen-bond acceptors (Lipinski definition) is 8. The maximum absolute atomic E-state index is 11.9. The van der Waals surface area contributed by atoms with Crippen LogP contribution in [0.15, 0.2) is 48.8 Å². The molecule has 0 fully saturated rings. The number of esters is 1. The van der Waals surface area contributed by atoms with Crippen molar-refractivity contribution >= 4 is 33.4 Å². The molecule has 4 rings (SSSR count). The molecule has 10 heteroatoms. The number of ether oxygens (including phenoxy) is 1. The molecule has 0 radical (unpaired) electrons. The molecular weight excluding hydrogens is 418 g/mol. The number of rotatable bonds is 7. The van der Waals surface area contributed by atoms with Gasteiger partial charge in [-0.05, 0) is 36.6 Å². The molecule has 3 aromatic rings. The fraction of sp³-hybridized carbons (Fsp3) is 0.238. The number of anilines is 3. The van der Waals surface area contributed by atoms with Crippen LogP contribution in [-0.2, 0) is 34.1 Å². The lowest BCUT2D eigenvalue weighted by Gasteiger charge is -2.18. The molecule has 1 aromatic carbocycles. The number of benzene rings is 1. The van der Waals surface area contributed by atoms with E-state index in [-0.39, 0.29) is 12.4 Å². The van der Waals surface area contributed by atoms with Gasteiger partial charge in [0, 0.05) is 42.5 Å². The number of pyridine rings is 1. The highest BCUT2D eigenvalue weighted by Gasteiger charge is 2.20. The molecule has 1 aliphatic rings. The van der Waals surface area contributed by atoms with Crippen molar-refractivity contribution in [3.05, 3.63) is 65.6 Å². The lowest BCUT2D eigenvalue weighted by atomic mass is 10.1. The van der Waals surface area contributed by atoms with E-state index in [0.717, 1.165) is 28.8 Å². The Morgan fingerprint density at radius 3 is 2.77 bits per heavy atom. The molecule has 1 N–H and O–H groups in total. The van der Waals surface area contributed by atoms with Crippen LogP contribution in [0.25, 0.3) is 0 Å². The highest BCUT2D eigenvalue weighted by molar-refractivity contribution is 7.92. The molecule has 0 saturated carbocycles. The van der Waals surface area contributed by atoms with E-state index >= 15 is 0 Å². The Labute approximate surface area is 180 Å². The SMILES string of the molecule is CN(c1ncccc1CCc1ccnc(Nc2ccc3c(c2)OC(=O)C3)n1)S(C)(=O)=O. The Balaban J connectivity index is 1.47. The molecule has 3 heterocycles. The summed E-state index contributed by atoms with van der Waals surface area (Å²) >= 11 is 0. The highest BCUT2D eigenvalue weighted by Crippen LogP contribution is 2.30. The maximum Gasteiger partial charge on any atom is 0.315 e. The summed E-state index contributed by atoms with van der Waals surface area (Å²) in [6, 6.07) is 10.9. The van der Waals surface area contributed by atoms with Gasteiger partial charge >= 0.3 is 5.97 Å². The summed E-state index contributed by atoms with van der Waals surface area (Å²) in [6.07, 6.45) is 5.80. The molecule has 0 spiro atoms. The van der Waals surface area contributed by atoms with Crippen LogP contribution in [0.1, 0.15) is 16.8 Å². The number of hydrogen-bond donors (Lipinski definition) is 1. The van der Waals surface area contributed by atoms with E-state index in [0.29, 0.717) is 30.4 Å². The Hall–Kier alpha value is -3.53. The highest BCUT2D eigenvalue weighted by atomic mass is 32.2. The number of nitrogens with zero attached hydrogens (tertiary/aromatic N) is 4. The molecule has 0 saturated heterocycles. The maximum atomic E-state index is 11.9. The van der Waals surface area contributed by atoms with Gasteiger partial charge in [0.15, 0.2) is 0 Å². The second-order valence-electron chi connectivity index (χ2n) is 7.19. The number of sulfonamides is 1. The van der Waals surface area contributed by atoms with Crippen LogP contribution >= 0.6 is 0 Å². The zero-order valence-corrected chi connectivity index (χ0v) is 17.9. The molecule has 0 atom stereocenters. The summed E-state index contributed by atoms with van der Waals surface area (Å²) in [4.78, 5) is 24.4. The van der Waals surface area contributed by atoms with Crippen LogP contribution in [-0.4, -0.2) is 42.6 Å². The molecular formula is C21H21N5O4S. The molecule has 31 heavy (non-hydrogen) atoms. The van der Waals surface area contributed by atoms with Gasteiger partial charge in [-0.1, -0.05) is 12.1 Å². The van der Waals surface area contributed by atoms with Gasteiger partial charge in [-0.2, -0.15) is 0 Å². The molecule has 160 valence electrons. The second kappa shape index (κ2) is 8.31. The van der Waals surface area contributed by atoms with Gasteiger partial charge in [0.1, 0.15) is 11.6 Å². The predicted molar refractivity (Wildman–Crippen MR) is 116 cm³/mol. The summed E-state index contributed by atoms with van der Waals surface area (Å²) in [7, 11) is -1.92. The topological polar surface area (TPSA) is 114 Å². The average Bonchev–Trinajstić information content (AvgIpc) is 3.11. The van der Waals surface area contributed by atoms with Crippen LogP contribution in [0, 0.1) is 0 Å². The number of nitrogens with one attached hydrogen (secondary N) is 1. The molecule has 2 aromatic heterocycles. The molecule has 0 bridgehead atoms. The summed E-state index contributed by atoms with van der Waals surface area (Å²) in [6.45, 7) is 0. The number of fused-ring (bicyclic) bond motifs is 1. The quantitative estimate of drug-likeness (QED) is 0.440. The minimum atomic E-state index is -3.41. The Kier molecular flexibility index (Phi) is 5.55. The lowest BCUT2D eigenvalue weighted by molar-refractivity contribution is -0.131. The van der Waals surface area contributed by atoms with Gasteiger partial charge in [0.05, 0.1) is 12.7 Å². The molecule has 0 amide bonds. The van der Waals surface area contributed by atoms with Gasteiger partial charge in [-0.3, -0.25) is 9.10 Å². The predicted octanol–water partition coefficient (Wildman–Crippen LogP) is 2.26. The van der Waals surface area contributed by atoms with E-state index in [1.165, 1.54) is 11.4 Å². The lowest BCUT2D eigenvalue weighted by Crippen LogP contribution is -2.27. The van der Waals surface area contributed by atoms with E-state index in [1.807, 2.05) is 24.3 Å². The normalized spacial score (nSPS) is 12.9. The van der Waals surface area contributed by atoms with E-state index < -0.39 is 10.0 Å². The zero-order valence-electron chi connectivity index (χ0n) is 17.1. The van der Waals surface area contributed by atoms with Gasteiger partial charge in [0.25, 0.3) is 0 Å². The Morgan fingerprint density at radius 1 is 1.13 bits per heavy atom. The zero-order chi connectivity index (χ0) is 22.0. The number of carbonyl (C=O) groups excluding carboxylic acids is 1. The first-order valence-electron chi connectivity index (χ1n) is 9.60. The third-order valence-corrected chi connectivity index (χ3v) is 6.08. The van der Waals surface area contributed by atoms with E-state index in [4.69, 9.17) is 4.74 Å². The van der Waals surface area contributed by atoms with Crippen LogP contribution in [0.3, 0.4) is 0 Å². The Morgan fingerprint density at radius 2 is 1.97 bits per heavy atom. The summed E-state index contributed by atoms with van der Waals surface area (Å²) in [5.41, 5.74) is 3.18. The van der Waals surface area contributed by atoms with Crippen LogP contribution in [0.2, 0.25) is 0 Å². The largest absolute Gasteiger partial charge is 0.426 e. The van der Waals surface area contributed by atoms with Crippen molar-refractivity contribution in [2.24, 2.45) is 0 Å². The van der Waals surface area contributed by atoms with E-state index in [9.17, 15) is 13.2 Å². The fourth-order valence-electron chi connectivity index (χ4n) is 3.24. The summed E-state index contributed by atoms with van der Waals surface area (Å²) in [5.74, 6) is 1.11. The third-order valence-electron chi connectivity index (χ3n) is 4.91. The standard InChI is InChI=1S/C21H21N5O4S/c1-26(31(2,28)29)20-14(4-3-10-22-20)5-7-16-9-11-23-21(24-16)25-17-8-6-15-12-19(27)30-18(15)13-17/h3-4,6,8-11,13H,5,7,12H2,1-2H3,(H,23,24,25). The Bertz CT molecular complexity index is 1250. The van der Waals surface area contributed by atoms with Gasteiger partial charge in [0.2, 0.25) is 16.0 Å². The average molecular weight is 439 g/mol. The number of aryl methyl sites for hydroxylation is 2. The van der Waals surface area contributed by atoms with E-state index in [1.54, 1.807) is 24.5 Å². The second-order valence-corrected chi connectivity index (χ2v) is 9.20. The van der Waals surface area contributed by atoms with E-state index in [2.05, 4.69) is 20.3 Å². The van der Waals surface area contributed by atoms with Crippen LogP contribution < -0.4 is 14.4 Å². The molecule has 0 unspecified atom stereocenters. The fourth-order valence-corrected chi connectivity index (χ4v) is 3.72.